The summed E-state index contributed by atoms with van der Waals surface area (Å²) in [4.78, 5) is 77.3. The summed E-state index contributed by atoms with van der Waals surface area (Å²) in [6.07, 6.45) is 6.74. The van der Waals surface area contributed by atoms with Crippen LogP contribution in [0.1, 0.15) is 92.0 Å². The van der Waals surface area contributed by atoms with Gasteiger partial charge in [-0.1, -0.05) is 25.3 Å². The molecule has 1 atom stereocenters. The minimum absolute atomic E-state index is 0.0318. The normalized spacial score (nSPS) is 16.8. The number of hydrogen-bond acceptors (Lipinski definition) is 14. The molecule has 3 aliphatic rings. The minimum atomic E-state index is -3.71. The lowest BCUT2D eigenvalue weighted by Crippen LogP contribution is -2.54. The molecular weight excluding hydrogens is 863 g/mol. The Labute approximate surface area is 385 Å². The number of sulfonamides is 1. The second-order valence-corrected chi connectivity index (χ2v) is 19.6. The number of aryl methyl sites for hydroxylation is 1. The maximum atomic E-state index is 13.1. The summed E-state index contributed by atoms with van der Waals surface area (Å²) in [5.74, 6) is -1.10. The Morgan fingerprint density at radius 2 is 1.50 bits per heavy atom. The molecule has 0 aliphatic carbocycles. The van der Waals surface area contributed by atoms with Gasteiger partial charge in [0.15, 0.2) is 0 Å². The SMILES string of the molecule is Cc1cnc(Nc2ccc(N3CCN(CC(=O)NCCCCCCCNc4ccc5c(c4)C(=O)N(C4CCC(=O)NC4=O)C5=O)CC3)cc2)nc1Nc1cccc(S(=O)(=O)NC(C)(C)C)c1. The predicted molar refractivity (Wildman–Crippen MR) is 253 cm³/mol. The van der Waals surface area contributed by atoms with E-state index in [0.29, 0.717) is 37.1 Å². The van der Waals surface area contributed by atoms with E-state index >= 15 is 0 Å². The fourth-order valence-electron chi connectivity index (χ4n) is 8.10. The van der Waals surface area contributed by atoms with Crippen molar-refractivity contribution in [3.05, 3.63) is 89.6 Å². The van der Waals surface area contributed by atoms with Crippen LogP contribution in [-0.4, -0.2) is 115 Å². The number of anilines is 6. The second-order valence-electron chi connectivity index (χ2n) is 17.9. The molecule has 7 rings (SSSR count). The van der Waals surface area contributed by atoms with Gasteiger partial charge in [0, 0.05) is 85.7 Å². The second kappa shape index (κ2) is 20.8. The van der Waals surface area contributed by atoms with Gasteiger partial charge >= 0.3 is 0 Å². The molecule has 2 fully saturated rings. The van der Waals surface area contributed by atoms with Crippen LogP contribution < -0.4 is 36.2 Å². The van der Waals surface area contributed by atoms with Crippen LogP contribution in [0.2, 0.25) is 0 Å². The van der Waals surface area contributed by atoms with E-state index in [0.717, 1.165) is 85.8 Å². The molecule has 0 saturated carbocycles. The average Bonchev–Trinajstić information content (AvgIpc) is 3.51. The van der Waals surface area contributed by atoms with Crippen LogP contribution in [0.15, 0.2) is 77.8 Å². The zero-order valence-corrected chi connectivity index (χ0v) is 38.7. The number of benzene rings is 3. The Morgan fingerprint density at radius 3 is 2.23 bits per heavy atom. The molecule has 6 N–H and O–H groups in total. The quantitative estimate of drug-likeness (QED) is 0.0535. The maximum absolute atomic E-state index is 13.1. The Kier molecular flexibility index (Phi) is 15.0. The van der Waals surface area contributed by atoms with Gasteiger partial charge in [-0.3, -0.25) is 39.1 Å². The van der Waals surface area contributed by atoms with E-state index in [9.17, 15) is 32.4 Å². The Bertz CT molecular complexity index is 2560. The molecule has 2 saturated heterocycles. The number of fused-ring (bicyclic) bond motifs is 1. The summed E-state index contributed by atoms with van der Waals surface area (Å²) in [5.41, 5.74) is 3.90. The van der Waals surface area contributed by atoms with Crippen molar-refractivity contribution in [1.82, 2.24) is 35.1 Å². The molecule has 66 heavy (non-hydrogen) atoms. The van der Waals surface area contributed by atoms with E-state index < -0.39 is 45.2 Å². The standard InChI is InChI=1S/C47H59N11O7S/c1-31-29-50-46(54-42(31)51-34-11-10-12-36(27-34)66(64,65)55-47(2,3)4)52-32-13-16-35(17-14-32)57-25-23-56(24-26-57)30-41(60)49-22-9-7-5-6-8-21-48-33-15-18-37-38(28-33)45(63)58(44(37)62)39-19-20-40(59)53-43(39)61/h10-18,27-29,39,48,55H,5-9,19-26,30H2,1-4H3,(H,49,60)(H,53,59,61)(H2,50,51,52,54). The first kappa shape index (κ1) is 47.5. The molecule has 4 aromatic rings. The molecule has 350 valence electrons. The van der Waals surface area contributed by atoms with Crippen molar-refractivity contribution in [3.63, 3.8) is 0 Å². The summed E-state index contributed by atoms with van der Waals surface area (Å²) >= 11 is 0. The number of amides is 5. The van der Waals surface area contributed by atoms with E-state index in [2.05, 4.69) is 63.2 Å². The van der Waals surface area contributed by atoms with Crippen molar-refractivity contribution in [2.45, 2.75) is 89.1 Å². The Balaban J connectivity index is 0.757. The predicted octanol–water partition coefficient (Wildman–Crippen LogP) is 5.05. The van der Waals surface area contributed by atoms with Gasteiger partial charge in [-0.05, 0) is 108 Å². The number of aromatic nitrogens is 2. The third-order valence-electron chi connectivity index (χ3n) is 11.5. The molecule has 19 heteroatoms. The molecule has 1 aromatic heterocycles. The highest BCUT2D eigenvalue weighted by Gasteiger charge is 2.44. The van der Waals surface area contributed by atoms with Crippen LogP contribution in [0.5, 0.6) is 0 Å². The first-order valence-corrected chi connectivity index (χ1v) is 24.0. The fourth-order valence-corrected chi connectivity index (χ4v) is 9.56. The summed E-state index contributed by atoms with van der Waals surface area (Å²) in [6.45, 7) is 12.1. The van der Waals surface area contributed by atoms with E-state index in [1.54, 1.807) is 69.4 Å². The van der Waals surface area contributed by atoms with E-state index in [1.807, 2.05) is 19.1 Å². The van der Waals surface area contributed by atoms with Gasteiger partial charge in [-0.2, -0.15) is 4.98 Å². The van der Waals surface area contributed by atoms with E-state index in [4.69, 9.17) is 0 Å². The number of carbonyl (C=O) groups excluding carboxylic acids is 5. The van der Waals surface area contributed by atoms with Gasteiger partial charge < -0.3 is 26.2 Å². The van der Waals surface area contributed by atoms with Crippen molar-refractivity contribution in [2.24, 2.45) is 0 Å². The maximum Gasteiger partial charge on any atom is 0.262 e. The summed E-state index contributed by atoms with van der Waals surface area (Å²) in [7, 11) is -3.71. The monoisotopic (exact) mass is 921 g/mol. The van der Waals surface area contributed by atoms with Crippen LogP contribution in [0, 0.1) is 6.92 Å². The van der Waals surface area contributed by atoms with E-state index in [-0.39, 0.29) is 34.8 Å². The molecule has 0 spiro atoms. The number of imide groups is 2. The highest BCUT2D eigenvalue weighted by Crippen LogP contribution is 2.30. The fraction of sp³-hybridized carbons (Fsp3) is 0.426. The number of piperazine rings is 1. The largest absolute Gasteiger partial charge is 0.385 e. The third-order valence-corrected chi connectivity index (χ3v) is 13.2. The molecular formula is C47H59N11O7S. The van der Waals surface area contributed by atoms with Crippen LogP contribution >= 0.6 is 0 Å². The van der Waals surface area contributed by atoms with Gasteiger partial charge in [-0.15, -0.1) is 0 Å². The lowest BCUT2D eigenvalue weighted by molar-refractivity contribution is -0.136. The Morgan fingerprint density at radius 1 is 0.803 bits per heavy atom. The van der Waals surface area contributed by atoms with Gasteiger partial charge in [0.25, 0.3) is 11.8 Å². The number of unbranched alkanes of at least 4 members (excludes halogenated alkanes) is 4. The number of nitrogens with zero attached hydrogens (tertiary/aromatic N) is 5. The molecule has 0 bridgehead atoms. The lowest BCUT2D eigenvalue weighted by atomic mass is 10.0. The van der Waals surface area contributed by atoms with Gasteiger partial charge in [0.05, 0.1) is 22.6 Å². The molecule has 1 unspecified atom stereocenters. The highest BCUT2D eigenvalue weighted by molar-refractivity contribution is 7.89. The minimum Gasteiger partial charge on any atom is -0.385 e. The molecule has 3 aromatic carbocycles. The summed E-state index contributed by atoms with van der Waals surface area (Å²) in [6, 6.07) is 18.7. The first-order chi connectivity index (χ1) is 31.5. The third kappa shape index (κ3) is 12.3. The zero-order chi connectivity index (χ0) is 47.0. The van der Waals surface area contributed by atoms with Crippen molar-refractivity contribution in [3.8, 4) is 0 Å². The summed E-state index contributed by atoms with van der Waals surface area (Å²) in [5, 5.41) is 15.1. The summed E-state index contributed by atoms with van der Waals surface area (Å²) < 4.78 is 28.5. The van der Waals surface area contributed by atoms with Crippen LogP contribution in [-0.2, 0) is 24.4 Å². The number of piperidine rings is 1. The van der Waals surface area contributed by atoms with Crippen molar-refractivity contribution in [2.75, 3.05) is 66.7 Å². The van der Waals surface area contributed by atoms with Crippen molar-refractivity contribution in [1.29, 1.82) is 0 Å². The van der Waals surface area contributed by atoms with Crippen LogP contribution in [0.4, 0.5) is 34.5 Å². The highest BCUT2D eigenvalue weighted by atomic mass is 32.2. The Hall–Kier alpha value is -6.44. The number of rotatable bonds is 19. The smallest absolute Gasteiger partial charge is 0.262 e. The van der Waals surface area contributed by atoms with E-state index in [1.165, 1.54) is 0 Å². The zero-order valence-electron chi connectivity index (χ0n) is 37.9. The number of carbonyl (C=O) groups is 5. The molecule has 4 heterocycles. The van der Waals surface area contributed by atoms with Crippen LogP contribution in [0.25, 0.3) is 0 Å². The first-order valence-electron chi connectivity index (χ1n) is 22.5. The average molecular weight is 922 g/mol. The lowest BCUT2D eigenvalue weighted by Gasteiger charge is -2.35. The van der Waals surface area contributed by atoms with Crippen LogP contribution in [0.3, 0.4) is 0 Å². The number of nitrogens with one attached hydrogen (secondary N) is 6. The number of hydrogen-bond donors (Lipinski definition) is 6. The van der Waals surface area contributed by atoms with Gasteiger partial charge in [-0.25, -0.2) is 18.1 Å². The van der Waals surface area contributed by atoms with Crippen molar-refractivity contribution >= 4 is 74.1 Å². The molecule has 5 amide bonds. The topological polar surface area (TPSA) is 227 Å². The molecule has 18 nitrogen and oxygen atoms in total. The van der Waals surface area contributed by atoms with Gasteiger partial charge in [0.2, 0.25) is 33.7 Å². The van der Waals surface area contributed by atoms with Gasteiger partial charge in [0.1, 0.15) is 11.9 Å². The molecule has 0 radical (unpaired) electrons. The molecule has 3 aliphatic heterocycles. The van der Waals surface area contributed by atoms with Crippen molar-refractivity contribution < 1.29 is 32.4 Å².